The summed E-state index contributed by atoms with van der Waals surface area (Å²) in [6.45, 7) is 5.08. The highest BCUT2D eigenvalue weighted by molar-refractivity contribution is 5.74. The fraction of sp³-hybridized carbons (Fsp3) is 0.769. The highest BCUT2D eigenvalue weighted by atomic mass is 16.5. The van der Waals surface area contributed by atoms with E-state index < -0.39 is 11.4 Å². The highest BCUT2D eigenvalue weighted by Gasteiger charge is 2.37. The number of carboxylic acid groups (broad SMARTS) is 1. The third kappa shape index (κ3) is 2.78. The molecular weight excluding hydrogens is 248 g/mol. The number of hydrogen-bond donors (Lipinski definition) is 1. The smallest absolute Gasteiger partial charge is 0.310 e. The molecule has 2 heterocycles. The lowest BCUT2D eigenvalue weighted by Gasteiger charge is -2.24. The molecule has 1 aromatic heterocycles. The van der Waals surface area contributed by atoms with E-state index in [1.165, 1.54) is 0 Å². The molecule has 6 heteroatoms. The van der Waals surface area contributed by atoms with Crippen molar-refractivity contribution >= 4 is 5.97 Å². The van der Waals surface area contributed by atoms with Crippen molar-refractivity contribution in [2.75, 3.05) is 13.2 Å². The first-order chi connectivity index (χ1) is 9.11. The zero-order chi connectivity index (χ0) is 13.9. The predicted octanol–water partition coefficient (Wildman–Crippen LogP) is 2.01. The van der Waals surface area contributed by atoms with Crippen LogP contribution in [0.2, 0.25) is 0 Å². The number of carbonyl (C=O) groups is 1. The first-order valence-corrected chi connectivity index (χ1v) is 6.75. The van der Waals surface area contributed by atoms with Gasteiger partial charge in [0.1, 0.15) is 0 Å². The van der Waals surface area contributed by atoms with Crippen LogP contribution < -0.4 is 0 Å². The van der Waals surface area contributed by atoms with Crippen molar-refractivity contribution in [1.82, 2.24) is 10.1 Å². The fourth-order valence-electron chi connectivity index (χ4n) is 2.41. The maximum absolute atomic E-state index is 11.4. The molecule has 1 aliphatic heterocycles. The van der Waals surface area contributed by atoms with E-state index in [9.17, 15) is 9.90 Å². The van der Waals surface area contributed by atoms with Crippen LogP contribution in [0.4, 0.5) is 0 Å². The van der Waals surface area contributed by atoms with Crippen LogP contribution >= 0.6 is 0 Å². The summed E-state index contributed by atoms with van der Waals surface area (Å²) in [5, 5.41) is 13.3. The molecule has 1 atom stereocenters. The van der Waals surface area contributed by atoms with Gasteiger partial charge in [0.05, 0.1) is 12.0 Å². The molecule has 0 spiro atoms. The average Bonchev–Trinajstić information content (AvgIpc) is 3.06. The van der Waals surface area contributed by atoms with Gasteiger partial charge in [0, 0.05) is 18.9 Å². The van der Waals surface area contributed by atoms with Crippen LogP contribution in [0.15, 0.2) is 4.52 Å². The largest absolute Gasteiger partial charge is 0.481 e. The van der Waals surface area contributed by atoms with E-state index in [1.54, 1.807) is 0 Å². The van der Waals surface area contributed by atoms with Gasteiger partial charge >= 0.3 is 5.97 Å². The molecule has 0 radical (unpaired) electrons. The van der Waals surface area contributed by atoms with Crippen LogP contribution in [0.1, 0.15) is 50.7 Å². The van der Waals surface area contributed by atoms with Crippen molar-refractivity contribution < 1.29 is 19.2 Å². The Labute approximate surface area is 112 Å². The summed E-state index contributed by atoms with van der Waals surface area (Å²) in [5.41, 5.74) is -0.810. The third-order valence-electron chi connectivity index (χ3n) is 4.08. The summed E-state index contributed by atoms with van der Waals surface area (Å²) in [6, 6.07) is 0. The maximum atomic E-state index is 11.4. The van der Waals surface area contributed by atoms with E-state index in [2.05, 4.69) is 10.1 Å². The minimum absolute atomic E-state index is 0.181. The van der Waals surface area contributed by atoms with Crippen molar-refractivity contribution in [1.29, 1.82) is 0 Å². The summed E-state index contributed by atoms with van der Waals surface area (Å²) in [6.07, 6.45) is 2.27. The van der Waals surface area contributed by atoms with Crippen molar-refractivity contribution in [2.24, 2.45) is 5.41 Å². The number of hydrogen-bond acceptors (Lipinski definition) is 5. The number of aromatic nitrogens is 2. The lowest BCUT2D eigenvalue weighted by molar-refractivity contribution is -0.149. The van der Waals surface area contributed by atoms with Crippen LogP contribution in [0.5, 0.6) is 0 Å². The number of ether oxygens (including phenoxy) is 1. The van der Waals surface area contributed by atoms with Crippen molar-refractivity contribution in [3.05, 3.63) is 11.7 Å². The van der Waals surface area contributed by atoms with Crippen LogP contribution in [0.3, 0.4) is 0 Å². The molecule has 0 amide bonds. The van der Waals surface area contributed by atoms with E-state index in [0.717, 1.165) is 13.0 Å². The molecule has 0 aliphatic carbocycles. The first-order valence-electron chi connectivity index (χ1n) is 6.75. The fourth-order valence-corrected chi connectivity index (χ4v) is 2.41. The Hall–Kier alpha value is -1.43. The maximum Gasteiger partial charge on any atom is 0.310 e. The van der Waals surface area contributed by atoms with Gasteiger partial charge < -0.3 is 14.4 Å². The summed E-state index contributed by atoms with van der Waals surface area (Å²) in [5.74, 6) is 0.424. The summed E-state index contributed by atoms with van der Waals surface area (Å²) < 4.78 is 10.5. The van der Waals surface area contributed by atoms with Gasteiger partial charge in [-0.25, -0.2) is 0 Å². The average molecular weight is 268 g/mol. The van der Waals surface area contributed by atoms with Gasteiger partial charge in [0.2, 0.25) is 5.89 Å². The first kappa shape index (κ1) is 14.0. The Morgan fingerprint density at radius 1 is 1.47 bits per heavy atom. The van der Waals surface area contributed by atoms with Gasteiger partial charge in [-0.05, 0) is 19.3 Å². The van der Waals surface area contributed by atoms with E-state index in [1.807, 2.05) is 13.8 Å². The molecule has 1 aromatic rings. The van der Waals surface area contributed by atoms with E-state index in [4.69, 9.17) is 9.26 Å². The second-order valence-corrected chi connectivity index (χ2v) is 5.08. The van der Waals surface area contributed by atoms with Gasteiger partial charge in [0.15, 0.2) is 5.82 Å². The van der Waals surface area contributed by atoms with E-state index in [-0.39, 0.29) is 12.3 Å². The molecule has 6 nitrogen and oxygen atoms in total. The molecule has 1 fully saturated rings. The zero-order valence-corrected chi connectivity index (χ0v) is 11.4. The summed E-state index contributed by atoms with van der Waals surface area (Å²) in [4.78, 5) is 15.8. The molecule has 1 aliphatic rings. The van der Waals surface area contributed by atoms with Crippen LogP contribution in [0.25, 0.3) is 0 Å². The summed E-state index contributed by atoms with van der Waals surface area (Å²) >= 11 is 0. The van der Waals surface area contributed by atoms with E-state index >= 15 is 0 Å². The number of aliphatic carboxylic acids is 1. The van der Waals surface area contributed by atoms with Gasteiger partial charge in [0.25, 0.3) is 0 Å². The topological polar surface area (TPSA) is 85.5 Å². The lowest BCUT2D eigenvalue weighted by atomic mass is 9.79. The Balaban J connectivity index is 2.11. The second kappa shape index (κ2) is 5.69. The molecular formula is C13H20N2O4. The number of rotatable bonds is 6. The van der Waals surface area contributed by atoms with Gasteiger partial charge in [-0.2, -0.15) is 4.98 Å². The predicted molar refractivity (Wildman–Crippen MR) is 66.8 cm³/mol. The molecule has 1 unspecified atom stereocenters. The molecule has 1 N–H and O–H groups in total. The lowest BCUT2D eigenvalue weighted by Crippen LogP contribution is -2.32. The second-order valence-electron chi connectivity index (χ2n) is 5.08. The van der Waals surface area contributed by atoms with Crippen LogP contribution in [0, 0.1) is 5.41 Å². The minimum Gasteiger partial charge on any atom is -0.481 e. The highest BCUT2D eigenvalue weighted by Crippen LogP contribution is 2.31. The molecule has 19 heavy (non-hydrogen) atoms. The van der Waals surface area contributed by atoms with Gasteiger partial charge in [-0.3, -0.25) is 4.79 Å². The molecule has 0 bridgehead atoms. The van der Waals surface area contributed by atoms with E-state index in [0.29, 0.717) is 31.2 Å². The monoisotopic (exact) mass is 268 g/mol. The number of nitrogens with zero attached hydrogens (tertiary/aromatic N) is 2. The third-order valence-corrected chi connectivity index (χ3v) is 4.08. The molecule has 0 saturated carbocycles. The van der Waals surface area contributed by atoms with Crippen LogP contribution in [-0.2, 0) is 16.0 Å². The Morgan fingerprint density at radius 2 is 2.21 bits per heavy atom. The van der Waals surface area contributed by atoms with Crippen molar-refractivity contribution in [3.8, 4) is 0 Å². The Morgan fingerprint density at radius 3 is 2.74 bits per heavy atom. The molecule has 2 rings (SSSR count). The Kier molecular flexibility index (Phi) is 4.19. The van der Waals surface area contributed by atoms with Crippen molar-refractivity contribution in [3.63, 3.8) is 0 Å². The molecule has 106 valence electrons. The van der Waals surface area contributed by atoms with Gasteiger partial charge in [-0.1, -0.05) is 19.0 Å². The SMILES string of the molecule is CCC(CC)(Cc1nc(C2CCOC2)no1)C(=O)O. The molecule has 1 saturated heterocycles. The minimum atomic E-state index is -0.810. The zero-order valence-electron chi connectivity index (χ0n) is 11.4. The quantitative estimate of drug-likeness (QED) is 0.849. The Bertz CT molecular complexity index is 434. The normalized spacial score (nSPS) is 19.8. The van der Waals surface area contributed by atoms with Crippen molar-refractivity contribution in [2.45, 2.75) is 45.4 Å². The van der Waals surface area contributed by atoms with Gasteiger partial charge in [-0.15, -0.1) is 0 Å². The summed E-state index contributed by atoms with van der Waals surface area (Å²) in [7, 11) is 0. The standard InChI is InChI=1S/C13H20N2O4/c1-3-13(4-2,12(16)17)7-10-14-11(15-19-10)9-5-6-18-8-9/h9H,3-8H2,1-2H3,(H,16,17). The van der Waals surface area contributed by atoms with Crippen LogP contribution in [-0.4, -0.2) is 34.4 Å². The number of carboxylic acids is 1. The molecule has 0 aromatic carbocycles.